The summed E-state index contributed by atoms with van der Waals surface area (Å²) >= 11 is 0. The lowest BCUT2D eigenvalue weighted by Crippen LogP contribution is -2.48. The van der Waals surface area contributed by atoms with Crippen LogP contribution in [-0.2, 0) is 0 Å². The summed E-state index contributed by atoms with van der Waals surface area (Å²) in [6, 6.07) is 0.155. The molecule has 1 rings (SSSR count). The standard InChI is InChI=1S/C13H25N3O2/c1-11(2)10-16-6-4-12(5-7-16)14-13(18)15(3)8-9-17/h12,17H,1,4-10H2,2-3H3,(H,14,18). The molecule has 1 aliphatic rings. The molecule has 18 heavy (non-hydrogen) atoms. The molecule has 0 radical (unpaired) electrons. The van der Waals surface area contributed by atoms with Crippen molar-refractivity contribution in [2.24, 2.45) is 0 Å². The van der Waals surface area contributed by atoms with Gasteiger partial charge in [0.2, 0.25) is 0 Å². The number of aliphatic hydroxyl groups excluding tert-OH is 1. The van der Waals surface area contributed by atoms with Crippen LogP contribution in [0.2, 0.25) is 0 Å². The number of likely N-dealkylation sites (tertiary alicyclic amines) is 1. The number of rotatable bonds is 5. The number of hydrogen-bond acceptors (Lipinski definition) is 3. The largest absolute Gasteiger partial charge is 0.395 e. The minimum atomic E-state index is -0.0950. The molecule has 1 heterocycles. The average Bonchev–Trinajstić information content (AvgIpc) is 2.31. The van der Waals surface area contributed by atoms with Crippen LogP contribution in [0.25, 0.3) is 0 Å². The van der Waals surface area contributed by atoms with E-state index in [2.05, 4.69) is 16.8 Å². The highest BCUT2D eigenvalue weighted by Crippen LogP contribution is 2.11. The number of carbonyl (C=O) groups excluding carboxylic acids is 1. The third kappa shape index (κ3) is 5.06. The van der Waals surface area contributed by atoms with Gasteiger partial charge in [-0.15, -0.1) is 0 Å². The van der Waals surface area contributed by atoms with Gasteiger partial charge in [-0.05, 0) is 19.8 Å². The molecule has 5 nitrogen and oxygen atoms in total. The van der Waals surface area contributed by atoms with E-state index in [0.29, 0.717) is 6.54 Å². The van der Waals surface area contributed by atoms with E-state index >= 15 is 0 Å². The van der Waals surface area contributed by atoms with Gasteiger partial charge in [0.25, 0.3) is 0 Å². The fourth-order valence-electron chi connectivity index (χ4n) is 2.15. The first-order valence-corrected chi connectivity index (χ1v) is 6.52. The Bertz CT molecular complexity index is 286. The predicted molar refractivity (Wildman–Crippen MR) is 72.5 cm³/mol. The van der Waals surface area contributed by atoms with Crippen LogP contribution in [0, 0.1) is 0 Å². The van der Waals surface area contributed by atoms with E-state index in [-0.39, 0.29) is 18.7 Å². The van der Waals surface area contributed by atoms with Gasteiger partial charge in [0.05, 0.1) is 6.61 Å². The average molecular weight is 255 g/mol. The minimum absolute atomic E-state index is 0.000968. The van der Waals surface area contributed by atoms with Gasteiger partial charge in [-0.1, -0.05) is 12.2 Å². The van der Waals surface area contributed by atoms with Gasteiger partial charge in [-0.3, -0.25) is 4.90 Å². The van der Waals surface area contributed by atoms with Crippen molar-refractivity contribution in [3.8, 4) is 0 Å². The maximum atomic E-state index is 11.7. The highest BCUT2D eigenvalue weighted by atomic mass is 16.3. The zero-order chi connectivity index (χ0) is 13.5. The number of piperidine rings is 1. The molecule has 1 saturated heterocycles. The van der Waals surface area contributed by atoms with Crippen LogP contribution in [0.3, 0.4) is 0 Å². The normalized spacial score (nSPS) is 17.5. The molecule has 0 aromatic heterocycles. The number of aliphatic hydroxyl groups is 1. The molecule has 0 aromatic carbocycles. The SMILES string of the molecule is C=C(C)CN1CCC(NC(=O)N(C)CCO)CC1. The van der Waals surface area contributed by atoms with Crippen LogP contribution >= 0.6 is 0 Å². The van der Waals surface area contributed by atoms with E-state index in [1.165, 1.54) is 10.5 Å². The van der Waals surface area contributed by atoms with Gasteiger partial charge in [0, 0.05) is 39.3 Å². The highest BCUT2D eigenvalue weighted by Gasteiger charge is 2.21. The summed E-state index contributed by atoms with van der Waals surface area (Å²) in [6.07, 6.45) is 1.96. The lowest BCUT2D eigenvalue weighted by molar-refractivity contribution is 0.173. The molecule has 0 aliphatic carbocycles. The first kappa shape index (κ1) is 15.0. The van der Waals surface area contributed by atoms with Gasteiger partial charge in [0.1, 0.15) is 0 Å². The van der Waals surface area contributed by atoms with Crippen LogP contribution in [0.1, 0.15) is 19.8 Å². The van der Waals surface area contributed by atoms with Crippen molar-refractivity contribution in [3.05, 3.63) is 12.2 Å². The fourth-order valence-corrected chi connectivity index (χ4v) is 2.15. The number of nitrogens with one attached hydrogen (secondary N) is 1. The molecule has 0 spiro atoms. The first-order valence-electron chi connectivity index (χ1n) is 6.52. The Morgan fingerprint density at radius 3 is 2.61 bits per heavy atom. The molecule has 2 amide bonds. The lowest BCUT2D eigenvalue weighted by Gasteiger charge is -2.33. The zero-order valence-electron chi connectivity index (χ0n) is 11.5. The van der Waals surface area contributed by atoms with E-state index in [0.717, 1.165) is 32.5 Å². The third-order valence-electron chi connectivity index (χ3n) is 3.19. The summed E-state index contributed by atoms with van der Waals surface area (Å²) in [4.78, 5) is 15.6. The number of nitrogens with zero attached hydrogens (tertiary/aromatic N) is 2. The lowest BCUT2D eigenvalue weighted by atomic mass is 10.0. The van der Waals surface area contributed by atoms with E-state index < -0.39 is 0 Å². The topological polar surface area (TPSA) is 55.8 Å². The summed E-state index contributed by atoms with van der Waals surface area (Å²) in [5.41, 5.74) is 1.18. The zero-order valence-corrected chi connectivity index (χ0v) is 11.5. The summed E-state index contributed by atoms with van der Waals surface area (Å²) in [5.74, 6) is 0. The van der Waals surface area contributed by atoms with Crippen molar-refractivity contribution >= 4 is 6.03 Å². The monoisotopic (exact) mass is 255 g/mol. The van der Waals surface area contributed by atoms with Crippen molar-refractivity contribution in [2.75, 3.05) is 39.8 Å². The van der Waals surface area contributed by atoms with Crippen LogP contribution in [0.4, 0.5) is 4.79 Å². The van der Waals surface area contributed by atoms with E-state index in [1.54, 1.807) is 7.05 Å². The number of carbonyl (C=O) groups is 1. The maximum absolute atomic E-state index is 11.7. The third-order valence-corrected chi connectivity index (χ3v) is 3.19. The Hall–Kier alpha value is -1.07. The number of urea groups is 1. The van der Waals surface area contributed by atoms with Gasteiger partial charge in [-0.2, -0.15) is 0 Å². The van der Waals surface area contributed by atoms with Crippen molar-refractivity contribution in [3.63, 3.8) is 0 Å². The second kappa shape index (κ2) is 7.38. The first-order chi connectivity index (χ1) is 8.52. The van der Waals surface area contributed by atoms with Crippen LogP contribution in [0.5, 0.6) is 0 Å². The molecule has 1 aliphatic heterocycles. The summed E-state index contributed by atoms with van der Waals surface area (Å²) in [7, 11) is 1.70. The molecular formula is C13H25N3O2. The van der Waals surface area contributed by atoms with Crippen LogP contribution in [-0.4, -0.2) is 66.8 Å². The fraction of sp³-hybridized carbons (Fsp3) is 0.769. The van der Waals surface area contributed by atoms with E-state index in [1.807, 2.05) is 6.92 Å². The molecule has 1 fully saturated rings. The quantitative estimate of drug-likeness (QED) is 0.710. The Morgan fingerprint density at radius 1 is 1.50 bits per heavy atom. The summed E-state index contributed by atoms with van der Waals surface area (Å²) in [6.45, 7) is 9.29. The van der Waals surface area contributed by atoms with E-state index in [9.17, 15) is 4.79 Å². The van der Waals surface area contributed by atoms with Crippen molar-refractivity contribution < 1.29 is 9.90 Å². The Kier molecular flexibility index (Phi) is 6.15. The molecule has 0 atom stereocenters. The number of likely N-dealkylation sites (N-methyl/N-ethyl adjacent to an activating group) is 1. The summed E-state index contributed by atoms with van der Waals surface area (Å²) < 4.78 is 0. The smallest absolute Gasteiger partial charge is 0.317 e. The van der Waals surface area contributed by atoms with Gasteiger partial charge in [-0.25, -0.2) is 4.79 Å². The molecule has 0 saturated carbocycles. The Labute approximate surface area is 109 Å². The molecule has 0 aromatic rings. The minimum Gasteiger partial charge on any atom is -0.395 e. The molecule has 2 N–H and O–H groups in total. The molecule has 104 valence electrons. The Morgan fingerprint density at radius 2 is 2.11 bits per heavy atom. The van der Waals surface area contributed by atoms with Crippen LogP contribution < -0.4 is 5.32 Å². The number of amides is 2. The van der Waals surface area contributed by atoms with Crippen LogP contribution in [0.15, 0.2) is 12.2 Å². The van der Waals surface area contributed by atoms with Gasteiger partial charge < -0.3 is 15.3 Å². The molecule has 0 bridgehead atoms. The Balaban J connectivity index is 2.26. The van der Waals surface area contributed by atoms with Gasteiger partial charge in [0.15, 0.2) is 0 Å². The van der Waals surface area contributed by atoms with E-state index in [4.69, 9.17) is 5.11 Å². The molecule has 0 unspecified atom stereocenters. The highest BCUT2D eigenvalue weighted by molar-refractivity contribution is 5.74. The second-order valence-corrected chi connectivity index (χ2v) is 5.10. The number of hydrogen-bond donors (Lipinski definition) is 2. The second-order valence-electron chi connectivity index (χ2n) is 5.10. The van der Waals surface area contributed by atoms with Crippen molar-refractivity contribution in [1.82, 2.24) is 15.1 Å². The predicted octanol–water partition coefficient (Wildman–Crippen LogP) is 0.661. The van der Waals surface area contributed by atoms with Gasteiger partial charge >= 0.3 is 6.03 Å². The van der Waals surface area contributed by atoms with Crippen molar-refractivity contribution in [2.45, 2.75) is 25.8 Å². The summed E-state index contributed by atoms with van der Waals surface area (Å²) in [5, 5.41) is 11.8. The maximum Gasteiger partial charge on any atom is 0.317 e. The van der Waals surface area contributed by atoms with Crippen molar-refractivity contribution in [1.29, 1.82) is 0 Å². The molecular weight excluding hydrogens is 230 g/mol. The molecule has 5 heteroatoms.